The van der Waals surface area contributed by atoms with Crippen molar-refractivity contribution in [3.05, 3.63) is 61.4 Å². The summed E-state index contributed by atoms with van der Waals surface area (Å²) in [5.74, 6) is -0.435. The fourth-order valence-corrected chi connectivity index (χ4v) is 0.888. The Morgan fingerprint density at radius 3 is 1.95 bits per heavy atom. The highest BCUT2D eigenvalue weighted by molar-refractivity contribution is 5.90. The van der Waals surface area contributed by atoms with Crippen molar-refractivity contribution in [3.63, 3.8) is 0 Å². The maximum absolute atomic E-state index is 9.82. The van der Waals surface area contributed by atoms with Crippen LogP contribution in [-0.4, -0.2) is 23.9 Å². The molecule has 0 saturated carbocycles. The first-order valence-electron chi connectivity index (χ1n) is 6.02. The van der Waals surface area contributed by atoms with Crippen LogP contribution in [0.2, 0.25) is 0 Å². The maximum atomic E-state index is 9.82. The molecule has 5 heteroatoms. The van der Waals surface area contributed by atoms with Crippen LogP contribution in [0.5, 0.6) is 0 Å². The number of nitrogens with two attached hydrogens (primary N) is 1. The highest BCUT2D eigenvalue weighted by Crippen LogP contribution is 1.94. The zero-order valence-electron chi connectivity index (χ0n) is 12.2. The Bertz CT molecular complexity index is 477. The lowest BCUT2D eigenvalue weighted by molar-refractivity contribution is -0.114. The number of nitriles is 2. The molecule has 1 amide bonds. The summed E-state index contributed by atoms with van der Waals surface area (Å²) in [6, 6.07) is 3.56. The van der Waals surface area contributed by atoms with Crippen LogP contribution < -0.4 is 5.73 Å². The normalized spacial score (nSPS) is 8.33. The molecule has 0 radical (unpaired) electrons. The Balaban J connectivity index is 0. The Morgan fingerprint density at radius 2 is 1.67 bits per heavy atom. The molecule has 0 unspecified atom stereocenters. The van der Waals surface area contributed by atoms with Gasteiger partial charge in [-0.05, 0) is 25.3 Å². The van der Waals surface area contributed by atoms with E-state index >= 15 is 0 Å². The number of amides is 1. The number of carbonyl (C=O) groups excluding carboxylic acids is 1. The number of carbonyl (C=O) groups is 1. The van der Waals surface area contributed by atoms with Gasteiger partial charge < -0.3 is 10.6 Å². The Morgan fingerprint density at radius 1 is 1.24 bits per heavy atom. The fraction of sp³-hybridized carbons (Fsp3) is 0.188. The van der Waals surface area contributed by atoms with Gasteiger partial charge >= 0.3 is 0 Å². The molecule has 0 bridgehead atoms. The summed E-state index contributed by atoms with van der Waals surface area (Å²) >= 11 is 0. The molecule has 110 valence electrons. The fourth-order valence-electron chi connectivity index (χ4n) is 0.888. The zero-order chi connectivity index (χ0) is 16.7. The summed E-state index contributed by atoms with van der Waals surface area (Å²) in [4.78, 5) is 11.8. The molecule has 0 rings (SSSR count). The van der Waals surface area contributed by atoms with Gasteiger partial charge in [0.25, 0.3) is 0 Å². The van der Waals surface area contributed by atoms with Crippen molar-refractivity contribution < 1.29 is 4.79 Å². The van der Waals surface area contributed by atoms with Crippen LogP contribution in [0.25, 0.3) is 0 Å². The lowest BCUT2D eigenvalue weighted by Crippen LogP contribution is -2.16. The average molecular weight is 284 g/mol. The van der Waals surface area contributed by atoms with E-state index in [1.807, 2.05) is 4.90 Å². The molecule has 0 aliphatic carbocycles. The summed E-state index contributed by atoms with van der Waals surface area (Å²) in [5, 5.41) is 17.0. The average Bonchev–Trinajstić information content (AvgIpc) is 2.44. The standard InChI is InChI=1S/C12H13N3.C4H7NO/c1-3-7-15(8-4-2)9-5-6-12(10-13)11-14;1-3(2)4(5)6/h3-6,9H,1-2,7-8H2;1H2,2H3,(H2,5,6). The topological polar surface area (TPSA) is 93.9 Å². The van der Waals surface area contributed by atoms with Gasteiger partial charge in [-0.25, -0.2) is 0 Å². The maximum Gasteiger partial charge on any atom is 0.243 e. The number of rotatable bonds is 7. The van der Waals surface area contributed by atoms with Crippen molar-refractivity contribution in [2.24, 2.45) is 5.73 Å². The molecular formula is C16H20N4O. The van der Waals surface area contributed by atoms with E-state index in [-0.39, 0.29) is 5.57 Å². The van der Waals surface area contributed by atoms with Crippen molar-refractivity contribution in [1.82, 2.24) is 4.90 Å². The minimum absolute atomic E-state index is 0.0865. The van der Waals surface area contributed by atoms with Gasteiger partial charge in [-0.3, -0.25) is 4.79 Å². The monoisotopic (exact) mass is 284 g/mol. The first-order valence-corrected chi connectivity index (χ1v) is 6.02. The number of allylic oxidation sites excluding steroid dienone is 3. The second-order valence-corrected chi connectivity index (χ2v) is 3.82. The minimum atomic E-state index is -0.435. The zero-order valence-corrected chi connectivity index (χ0v) is 12.2. The van der Waals surface area contributed by atoms with Crippen LogP contribution in [0.15, 0.2) is 61.4 Å². The minimum Gasteiger partial charge on any atom is -0.370 e. The number of hydrogen-bond donors (Lipinski definition) is 1. The predicted octanol–water partition coefficient (Wildman–Crippen LogP) is 2.20. The van der Waals surface area contributed by atoms with Crippen molar-refractivity contribution >= 4 is 5.91 Å². The third-order valence-electron chi connectivity index (χ3n) is 1.95. The van der Waals surface area contributed by atoms with E-state index in [1.54, 1.807) is 43.5 Å². The molecule has 0 heterocycles. The summed E-state index contributed by atoms with van der Waals surface area (Å²) in [7, 11) is 0. The van der Waals surface area contributed by atoms with Crippen LogP contribution >= 0.6 is 0 Å². The van der Waals surface area contributed by atoms with Gasteiger partial charge in [0.15, 0.2) is 0 Å². The van der Waals surface area contributed by atoms with Gasteiger partial charge in [-0.15, -0.1) is 13.2 Å². The van der Waals surface area contributed by atoms with Crippen LogP contribution in [0, 0.1) is 22.7 Å². The van der Waals surface area contributed by atoms with Crippen molar-refractivity contribution in [2.45, 2.75) is 6.92 Å². The van der Waals surface area contributed by atoms with Gasteiger partial charge in [0.2, 0.25) is 5.91 Å². The molecule has 0 atom stereocenters. The molecule has 0 saturated heterocycles. The first kappa shape index (κ1) is 20.3. The highest BCUT2D eigenvalue weighted by Gasteiger charge is 1.91. The van der Waals surface area contributed by atoms with Gasteiger partial charge in [0, 0.05) is 18.7 Å². The third-order valence-corrected chi connectivity index (χ3v) is 1.95. The van der Waals surface area contributed by atoms with Crippen LogP contribution in [0.4, 0.5) is 0 Å². The van der Waals surface area contributed by atoms with Gasteiger partial charge in [0.1, 0.15) is 17.7 Å². The second kappa shape index (κ2) is 13.4. The molecule has 21 heavy (non-hydrogen) atoms. The molecule has 0 aromatic rings. The van der Waals surface area contributed by atoms with Crippen LogP contribution in [0.1, 0.15) is 6.92 Å². The van der Waals surface area contributed by atoms with Gasteiger partial charge in [-0.2, -0.15) is 10.5 Å². The molecule has 5 nitrogen and oxygen atoms in total. The predicted molar refractivity (Wildman–Crippen MR) is 84.4 cm³/mol. The van der Waals surface area contributed by atoms with Crippen LogP contribution in [0.3, 0.4) is 0 Å². The summed E-state index contributed by atoms with van der Waals surface area (Å²) in [6.45, 7) is 13.5. The van der Waals surface area contributed by atoms with Crippen LogP contribution in [-0.2, 0) is 4.79 Å². The number of nitrogens with zero attached hydrogens (tertiary/aromatic N) is 3. The van der Waals surface area contributed by atoms with Gasteiger partial charge in [-0.1, -0.05) is 18.7 Å². The largest absolute Gasteiger partial charge is 0.370 e. The first-order chi connectivity index (χ1) is 9.92. The molecule has 2 N–H and O–H groups in total. The Kier molecular flexibility index (Phi) is 12.9. The molecule has 0 aromatic carbocycles. The van der Waals surface area contributed by atoms with E-state index in [0.29, 0.717) is 18.7 Å². The number of primary amides is 1. The SMILES string of the molecule is C=C(C)C(N)=O.C=CCN(C=CC=C(C#N)C#N)CC=C. The molecule has 0 spiro atoms. The Hall–Kier alpha value is -3.05. The smallest absolute Gasteiger partial charge is 0.243 e. The highest BCUT2D eigenvalue weighted by atomic mass is 16.1. The van der Waals surface area contributed by atoms with Crippen molar-refractivity contribution in [1.29, 1.82) is 10.5 Å². The van der Waals surface area contributed by atoms with E-state index in [1.165, 1.54) is 6.08 Å². The molecule has 0 aliphatic heterocycles. The van der Waals surface area contributed by atoms with E-state index in [2.05, 4.69) is 19.7 Å². The lowest BCUT2D eigenvalue weighted by atomic mass is 10.3. The number of hydrogen-bond acceptors (Lipinski definition) is 4. The summed E-state index contributed by atoms with van der Waals surface area (Å²) < 4.78 is 0. The lowest BCUT2D eigenvalue weighted by Gasteiger charge is -2.14. The van der Waals surface area contributed by atoms with Gasteiger partial charge in [0.05, 0.1) is 0 Å². The second-order valence-electron chi connectivity index (χ2n) is 3.82. The summed E-state index contributed by atoms with van der Waals surface area (Å²) in [6.07, 6.45) is 8.46. The molecule has 0 fully saturated rings. The Labute approximate surface area is 126 Å². The van der Waals surface area contributed by atoms with E-state index < -0.39 is 5.91 Å². The van der Waals surface area contributed by atoms with E-state index in [0.717, 1.165) is 0 Å². The molecular weight excluding hydrogens is 264 g/mol. The molecule has 0 aromatic heterocycles. The van der Waals surface area contributed by atoms with Crippen molar-refractivity contribution in [2.75, 3.05) is 13.1 Å². The molecule has 0 aliphatic rings. The van der Waals surface area contributed by atoms with E-state index in [9.17, 15) is 4.79 Å². The van der Waals surface area contributed by atoms with Crippen molar-refractivity contribution in [3.8, 4) is 12.1 Å². The van der Waals surface area contributed by atoms with E-state index in [4.69, 9.17) is 16.3 Å². The third kappa shape index (κ3) is 13.2. The summed E-state index contributed by atoms with van der Waals surface area (Å²) in [5.41, 5.74) is 5.18. The quantitative estimate of drug-likeness (QED) is 0.335.